The van der Waals surface area contributed by atoms with Crippen LogP contribution in [0.1, 0.15) is 5.56 Å². The zero-order valence-corrected chi connectivity index (χ0v) is 38.4. The summed E-state index contributed by atoms with van der Waals surface area (Å²) in [6.07, 6.45) is 0. The van der Waals surface area contributed by atoms with E-state index in [1.165, 1.54) is 0 Å². The summed E-state index contributed by atoms with van der Waals surface area (Å²) in [6.45, 7) is 0. The van der Waals surface area contributed by atoms with Crippen molar-refractivity contribution >= 4 is 87.5 Å². The molecule has 0 spiro atoms. The number of furan rings is 2. The highest BCUT2D eigenvalue weighted by atomic mass is 16.3. The Morgan fingerprint density at radius 3 is 1.40 bits per heavy atom. The number of para-hydroxylation sites is 4. The lowest BCUT2D eigenvalue weighted by Gasteiger charge is -2.20. The van der Waals surface area contributed by atoms with Crippen molar-refractivity contribution in [1.29, 1.82) is 5.26 Å². The molecule has 0 fully saturated rings. The molecule has 7 nitrogen and oxygen atoms in total. The normalized spacial score (nSPS) is 11.9. The lowest BCUT2D eigenvalue weighted by atomic mass is 9.95. The van der Waals surface area contributed by atoms with E-state index in [9.17, 15) is 5.26 Å². The first-order chi connectivity index (χ1) is 35.7. The standard InChI is InChI=1S/C65H37N5O2/c66-38-39-27-31-55(69-53-23-11-7-21-47(53)61-57(69)33-29-45-43-19-9-13-25-59(43)71-63(45)61)49(35-39)50-36-42(52-37-51(40-15-3-1-4-16-40)67-65(68-52)41-17-5-2-6-18-41)28-32-56(50)70-54-24-12-8-22-48(54)62-58(70)34-30-46-44-20-10-14-26-60(44)72-64(46)62/h1-37H. The number of rotatable bonds is 6. The van der Waals surface area contributed by atoms with Crippen LogP contribution in [0.3, 0.4) is 0 Å². The molecule has 0 bridgehead atoms. The van der Waals surface area contributed by atoms with Gasteiger partial charge in [0.1, 0.15) is 22.3 Å². The fourth-order valence-corrected chi connectivity index (χ4v) is 11.2. The quantitative estimate of drug-likeness (QED) is 0.166. The van der Waals surface area contributed by atoms with Crippen LogP contribution in [0.5, 0.6) is 0 Å². The molecule has 0 N–H and O–H groups in total. The smallest absolute Gasteiger partial charge is 0.160 e. The van der Waals surface area contributed by atoms with Gasteiger partial charge in [0.25, 0.3) is 0 Å². The van der Waals surface area contributed by atoms with Gasteiger partial charge in [-0.2, -0.15) is 5.26 Å². The number of aromatic nitrogens is 4. The van der Waals surface area contributed by atoms with Crippen LogP contribution in [0, 0.1) is 11.3 Å². The third-order valence-corrected chi connectivity index (χ3v) is 14.4. The first kappa shape index (κ1) is 39.9. The van der Waals surface area contributed by atoms with E-state index in [0.29, 0.717) is 11.4 Å². The van der Waals surface area contributed by atoms with Crippen molar-refractivity contribution in [1.82, 2.24) is 19.1 Å². The summed E-state index contributed by atoms with van der Waals surface area (Å²) in [5.41, 5.74) is 16.0. The number of fused-ring (bicyclic) bond motifs is 14. The van der Waals surface area contributed by atoms with Gasteiger partial charge < -0.3 is 18.0 Å². The molecular weight excluding hydrogens is 883 g/mol. The van der Waals surface area contributed by atoms with Crippen molar-refractivity contribution in [2.24, 2.45) is 0 Å². The fourth-order valence-electron chi connectivity index (χ4n) is 11.2. The molecule has 15 rings (SSSR count). The average molecular weight is 920 g/mol. The van der Waals surface area contributed by atoms with Crippen molar-refractivity contribution in [3.05, 3.63) is 230 Å². The van der Waals surface area contributed by atoms with Gasteiger partial charge in [-0.1, -0.05) is 140 Å². The molecule has 0 aliphatic heterocycles. The van der Waals surface area contributed by atoms with E-state index in [4.69, 9.17) is 18.8 Å². The maximum Gasteiger partial charge on any atom is 0.160 e. The Kier molecular flexibility index (Phi) is 8.59. The molecule has 10 aromatic carbocycles. The maximum absolute atomic E-state index is 10.8. The summed E-state index contributed by atoms with van der Waals surface area (Å²) in [6, 6.07) is 80.0. The van der Waals surface area contributed by atoms with E-state index < -0.39 is 0 Å². The SMILES string of the molecule is N#Cc1ccc(-n2c3ccccc3c3c4oc5ccccc5c4ccc32)c(-c2cc(-c3cc(-c4ccccc4)nc(-c4ccccc4)n3)ccc2-n2c3ccccc3c3c4oc5ccccc5c4ccc32)c1. The molecule has 0 radical (unpaired) electrons. The highest BCUT2D eigenvalue weighted by Gasteiger charge is 2.25. The van der Waals surface area contributed by atoms with Crippen LogP contribution in [0.25, 0.3) is 144 Å². The van der Waals surface area contributed by atoms with Gasteiger partial charge in [0.05, 0.1) is 67.2 Å². The second-order valence-electron chi connectivity index (χ2n) is 18.3. The monoisotopic (exact) mass is 919 g/mol. The predicted octanol–water partition coefficient (Wildman–Crippen LogP) is 17.0. The zero-order chi connectivity index (χ0) is 47.4. The maximum atomic E-state index is 10.8. The van der Waals surface area contributed by atoms with E-state index in [1.54, 1.807) is 0 Å². The number of nitriles is 1. The fraction of sp³-hybridized carbons (Fsp3) is 0. The Bertz CT molecular complexity index is 4700. The van der Waals surface area contributed by atoms with E-state index in [1.807, 2.05) is 84.9 Å². The Labute approximate surface area is 411 Å². The minimum absolute atomic E-state index is 0.538. The van der Waals surface area contributed by atoms with Gasteiger partial charge >= 0.3 is 0 Å². The first-order valence-electron chi connectivity index (χ1n) is 24.0. The molecule has 0 saturated heterocycles. The molecule has 7 heteroatoms. The third-order valence-electron chi connectivity index (χ3n) is 14.4. The summed E-state index contributed by atoms with van der Waals surface area (Å²) < 4.78 is 18.2. The molecule has 5 aromatic heterocycles. The van der Waals surface area contributed by atoms with Gasteiger partial charge in [-0.05, 0) is 84.9 Å². The van der Waals surface area contributed by atoms with Crippen molar-refractivity contribution < 1.29 is 8.83 Å². The van der Waals surface area contributed by atoms with Gasteiger partial charge in [-0.25, -0.2) is 9.97 Å². The van der Waals surface area contributed by atoms with Crippen molar-refractivity contribution in [3.63, 3.8) is 0 Å². The van der Waals surface area contributed by atoms with Crippen LogP contribution in [-0.4, -0.2) is 19.1 Å². The molecule has 0 aliphatic carbocycles. The van der Waals surface area contributed by atoms with Gasteiger partial charge in [0.15, 0.2) is 5.82 Å². The summed E-state index contributed by atoms with van der Waals surface area (Å²) in [5, 5.41) is 19.3. The van der Waals surface area contributed by atoms with Crippen molar-refractivity contribution in [2.75, 3.05) is 0 Å². The Morgan fingerprint density at radius 2 is 0.833 bits per heavy atom. The lowest BCUT2D eigenvalue weighted by Crippen LogP contribution is -2.03. The largest absolute Gasteiger partial charge is 0.455 e. The summed E-state index contributed by atoms with van der Waals surface area (Å²) >= 11 is 0. The Hall–Kier alpha value is -10.0. The summed E-state index contributed by atoms with van der Waals surface area (Å²) in [5.74, 6) is 0.629. The molecular formula is C65H37N5O2. The van der Waals surface area contributed by atoms with Gasteiger partial charge in [-0.3, -0.25) is 0 Å². The number of benzene rings is 10. The van der Waals surface area contributed by atoms with Gasteiger partial charge in [0.2, 0.25) is 0 Å². The molecule has 72 heavy (non-hydrogen) atoms. The van der Waals surface area contributed by atoms with Crippen LogP contribution < -0.4 is 0 Å². The highest BCUT2D eigenvalue weighted by molar-refractivity contribution is 6.25. The molecule has 334 valence electrons. The summed E-state index contributed by atoms with van der Waals surface area (Å²) in [7, 11) is 0. The Balaban J connectivity index is 1.06. The third kappa shape index (κ3) is 5.90. The van der Waals surface area contributed by atoms with Gasteiger partial charge in [0, 0.05) is 60.1 Å². The van der Waals surface area contributed by atoms with Crippen LogP contribution in [-0.2, 0) is 0 Å². The Morgan fingerprint density at radius 1 is 0.361 bits per heavy atom. The molecule has 5 heterocycles. The second-order valence-corrected chi connectivity index (χ2v) is 18.3. The van der Waals surface area contributed by atoms with Crippen LogP contribution in [0.4, 0.5) is 0 Å². The number of hydrogen-bond acceptors (Lipinski definition) is 5. The van der Waals surface area contributed by atoms with E-state index in [-0.39, 0.29) is 0 Å². The predicted molar refractivity (Wildman–Crippen MR) is 292 cm³/mol. The first-order valence-corrected chi connectivity index (χ1v) is 24.0. The molecule has 0 atom stereocenters. The number of nitrogens with zero attached hydrogens (tertiary/aromatic N) is 5. The minimum atomic E-state index is 0.538. The van der Waals surface area contributed by atoms with Crippen LogP contribution >= 0.6 is 0 Å². The van der Waals surface area contributed by atoms with Crippen LogP contribution in [0.2, 0.25) is 0 Å². The van der Waals surface area contributed by atoms with Gasteiger partial charge in [-0.15, -0.1) is 0 Å². The molecule has 0 saturated carbocycles. The topological polar surface area (TPSA) is 85.7 Å². The molecule has 15 aromatic rings. The van der Waals surface area contributed by atoms with E-state index in [2.05, 4.69) is 155 Å². The van der Waals surface area contributed by atoms with E-state index >= 15 is 0 Å². The average Bonchev–Trinajstić information content (AvgIpc) is 4.21. The second kappa shape index (κ2) is 15.5. The molecule has 0 aliphatic rings. The minimum Gasteiger partial charge on any atom is -0.455 e. The summed E-state index contributed by atoms with van der Waals surface area (Å²) in [4.78, 5) is 10.5. The highest BCUT2D eigenvalue weighted by Crippen LogP contribution is 2.46. The zero-order valence-electron chi connectivity index (χ0n) is 38.4. The van der Waals surface area contributed by atoms with Crippen LogP contribution in [0.15, 0.2) is 233 Å². The number of hydrogen-bond donors (Lipinski definition) is 0. The van der Waals surface area contributed by atoms with E-state index in [0.717, 1.165) is 138 Å². The lowest BCUT2D eigenvalue weighted by molar-refractivity contribution is 0.672. The van der Waals surface area contributed by atoms with Crippen molar-refractivity contribution in [3.8, 4) is 62.5 Å². The molecule has 0 unspecified atom stereocenters. The van der Waals surface area contributed by atoms with Crippen molar-refractivity contribution in [2.45, 2.75) is 0 Å². The molecule has 0 amide bonds.